The summed E-state index contributed by atoms with van der Waals surface area (Å²) >= 11 is 0. The van der Waals surface area contributed by atoms with Crippen LogP contribution in [0.4, 0.5) is 11.4 Å². The highest BCUT2D eigenvalue weighted by atomic mass is 16.5. The molecular weight excluding hydrogens is 330 g/mol. The van der Waals surface area contributed by atoms with E-state index in [4.69, 9.17) is 4.74 Å². The van der Waals surface area contributed by atoms with Crippen molar-refractivity contribution in [2.24, 2.45) is 10.2 Å². The number of ether oxygens (including phenoxy) is 1. The fraction of sp³-hybridized carbons (Fsp3) is 0.300. The molecule has 1 fully saturated rings. The Balaban J connectivity index is 1.69. The van der Waals surface area contributed by atoms with E-state index < -0.39 is 11.5 Å². The molecule has 6 nitrogen and oxygen atoms in total. The number of esters is 1. The highest BCUT2D eigenvalue weighted by Gasteiger charge is 2.35. The maximum Gasteiger partial charge on any atom is 0.328 e. The minimum Gasteiger partial charge on any atom is -0.464 e. The number of nitrogens with one attached hydrogen (secondary N) is 1. The van der Waals surface area contributed by atoms with Gasteiger partial charge in [-0.2, -0.15) is 10.2 Å². The summed E-state index contributed by atoms with van der Waals surface area (Å²) in [6, 6.07) is 16.3. The van der Waals surface area contributed by atoms with Crippen LogP contribution in [0.2, 0.25) is 0 Å². The predicted molar refractivity (Wildman–Crippen MR) is 97.6 cm³/mol. The first-order valence-electron chi connectivity index (χ1n) is 8.52. The third-order valence-electron chi connectivity index (χ3n) is 4.43. The molecule has 0 saturated carbocycles. The molecule has 0 bridgehead atoms. The number of cyclic esters (lactones) is 1. The summed E-state index contributed by atoms with van der Waals surface area (Å²) in [4.78, 5) is 24.1. The van der Waals surface area contributed by atoms with Crippen LogP contribution in [0.3, 0.4) is 0 Å². The molecule has 2 aromatic rings. The van der Waals surface area contributed by atoms with Gasteiger partial charge in [0.1, 0.15) is 6.04 Å². The largest absolute Gasteiger partial charge is 0.464 e. The highest BCUT2D eigenvalue weighted by Crippen LogP contribution is 2.27. The zero-order valence-electron chi connectivity index (χ0n) is 14.8. The van der Waals surface area contributed by atoms with Gasteiger partial charge in [0, 0.05) is 6.42 Å². The second kappa shape index (κ2) is 7.47. The smallest absolute Gasteiger partial charge is 0.328 e. The van der Waals surface area contributed by atoms with Crippen LogP contribution in [0, 0.1) is 0 Å². The molecule has 26 heavy (non-hydrogen) atoms. The van der Waals surface area contributed by atoms with E-state index >= 15 is 0 Å². The zero-order valence-corrected chi connectivity index (χ0v) is 14.8. The van der Waals surface area contributed by atoms with Crippen molar-refractivity contribution in [2.75, 3.05) is 6.61 Å². The molecule has 1 atom stereocenters. The second-order valence-electron chi connectivity index (χ2n) is 6.69. The number of rotatable bonds is 5. The minimum absolute atomic E-state index is 0.208. The first-order chi connectivity index (χ1) is 12.5. The Morgan fingerprint density at radius 2 is 1.65 bits per heavy atom. The summed E-state index contributed by atoms with van der Waals surface area (Å²) in [5.74, 6) is -0.578. The van der Waals surface area contributed by atoms with Gasteiger partial charge >= 0.3 is 5.97 Å². The number of carbonyl (C=O) groups excluding carboxylic acids is 2. The van der Waals surface area contributed by atoms with Crippen molar-refractivity contribution in [1.82, 2.24) is 5.32 Å². The zero-order chi connectivity index (χ0) is 18.6. The lowest BCUT2D eigenvalue weighted by atomic mass is 9.83. The number of carbonyl (C=O) groups is 2. The molecule has 0 spiro atoms. The topological polar surface area (TPSA) is 80.1 Å². The molecular formula is C20H21N3O3. The molecule has 1 amide bonds. The van der Waals surface area contributed by atoms with Crippen molar-refractivity contribution in [1.29, 1.82) is 0 Å². The van der Waals surface area contributed by atoms with Gasteiger partial charge in [0.2, 0.25) is 5.91 Å². The third-order valence-corrected chi connectivity index (χ3v) is 4.43. The number of hydrogen-bond acceptors (Lipinski definition) is 5. The normalized spacial score (nSPS) is 17.3. The molecule has 0 radical (unpaired) electrons. The van der Waals surface area contributed by atoms with Gasteiger partial charge in [0.25, 0.3) is 0 Å². The third kappa shape index (κ3) is 3.96. The summed E-state index contributed by atoms with van der Waals surface area (Å²) in [7, 11) is 0. The van der Waals surface area contributed by atoms with Crippen molar-refractivity contribution < 1.29 is 14.3 Å². The molecule has 2 aromatic carbocycles. The quantitative estimate of drug-likeness (QED) is 0.657. The lowest BCUT2D eigenvalue weighted by molar-refractivity contribution is -0.142. The fourth-order valence-corrected chi connectivity index (χ4v) is 2.65. The first kappa shape index (κ1) is 17.8. The van der Waals surface area contributed by atoms with Crippen molar-refractivity contribution >= 4 is 23.3 Å². The Labute approximate surface area is 152 Å². The van der Waals surface area contributed by atoms with Crippen LogP contribution in [-0.4, -0.2) is 24.5 Å². The van der Waals surface area contributed by atoms with E-state index in [1.54, 1.807) is 0 Å². The number of benzene rings is 2. The molecule has 0 aliphatic carbocycles. The van der Waals surface area contributed by atoms with Gasteiger partial charge < -0.3 is 10.1 Å². The lowest BCUT2D eigenvalue weighted by Gasteiger charge is -2.25. The molecule has 1 unspecified atom stereocenters. The Hall–Kier alpha value is -3.02. The van der Waals surface area contributed by atoms with Crippen LogP contribution >= 0.6 is 0 Å². The molecule has 1 heterocycles. The van der Waals surface area contributed by atoms with Gasteiger partial charge in [-0.15, -0.1) is 0 Å². The predicted octanol–water partition coefficient (Wildman–Crippen LogP) is 3.81. The molecule has 1 aliphatic heterocycles. The number of nitrogens with zero attached hydrogens (tertiary/aromatic N) is 2. The van der Waals surface area contributed by atoms with Gasteiger partial charge in [-0.05, 0) is 43.7 Å². The van der Waals surface area contributed by atoms with Crippen molar-refractivity contribution in [2.45, 2.75) is 31.7 Å². The second-order valence-corrected chi connectivity index (χ2v) is 6.69. The van der Waals surface area contributed by atoms with E-state index in [-0.39, 0.29) is 11.9 Å². The molecule has 6 heteroatoms. The Kier molecular flexibility index (Phi) is 5.11. The van der Waals surface area contributed by atoms with Crippen LogP contribution in [0.25, 0.3) is 0 Å². The van der Waals surface area contributed by atoms with E-state index in [1.807, 2.05) is 68.4 Å². The van der Waals surface area contributed by atoms with Crippen molar-refractivity contribution in [3.63, 3.8) is 0 Å². The maximum absolute atomic E-state index is 12.6. The highest BCUT2D eigenvalue weighted by molar-refractivity contribution is 5.91. The molecule has 0 aromatic heterocycles. The Morgan fingerprint density at radius 3 is 2.23 bits per heavy atom. The molecule has 3 rings (SSSR count). The van der Waals surface area contributed by atoms with Gasteiger partial charge in [-0.3, -0.25) is 4.79 Å². The van der Waals surface area contributed by atoms with Gasteiger partial charge in [0.15, 0.2) is 0 Å². The van der Waals surface area contributed by atoms with Crippen molar-refractivity contribution in [3.05, 3.63) is 60.2 Å². The monoisotopic (exact) mass is 351 g/mol. The summed E-state index contributed by atoms with van der Waals surface area (Å²) in [5.41, 5.74) is 1.53. The first-order valence-corrected chi connectivity index (χ1v) is 8.52. The SMILES string of the molecule is CC(C)(C(=O)NC1CCOC1=O)c1ccc(/N=N/c2ccccc2)cc1. The minimum atomic E-state index is -0.780. The van der Waals surface area contributed by atoms with Gasteiger partial charge in [-0.25, -0.2) is 4.79 Å². The van der Waals surface area contributed by atoms with Crippen LogP contribution in [-0.2, 0) is 19.7 Å². The van der Waals surface area contributed by atoms with Gasteiger partial charge in [0.05, 0.1) is 23.4 Å². The van der Waals surface area contributed by atoms with E-state index in [0.717, 1.165) is 11.3 Å². The average molecular weight is 351 g/mol. The van der Waals surface area contributed by atoms with E-state index in [9.17, 15) is 9.59 Å². The van der Waals surface area contributed by atoms with E-state index in [0.29, 0.717) is 18.7 Å². The molecule has 1 aliphatic rings. The summed E-state index contributed by atoms with van der Waals surface area (Å²) in [6.07, 6.45) is 0.513. The fourth-order valence-electron chi connectivity index (χ4n) is 2.65. The summed E-state index contributed by atoms with van der Waals surface area (Å²) in [6.45, 7) is 4.00. The average Bonchev–Trinajstić information content (AvgIpc) is 3.06. The Morgan fingerprint density at radius 1 is 1.04 bits per heavy atom. The van der Waals surface area contributed by atoms with Gasteiger partial charge in [-0.1, -0.05) is 30.3 Å². The Bertz CT molecular complexity index is 814. The van der Waals surface area contributed by atoms with Crippen LogP contribution in [0.1, 0.15) is 25.8 Å². The van der Waals surface area contributed by atoms with Crippen LogP contribution in [0.15, 0.2) is 64.8 Å². The molecule has 1 N–H and O–H groups in total. The van der Waals surface area contributed by atoms with E-state index in [2.05, 4.69) is 15.5 Å². The summed E-state index contributed by atoms with van der Waals surface area (Å²) < 4.78 is 4.89. The van der Waals surface area contributed by atoms with Crippen LogP contribution < -0.4 is 5.32 Å². The number of hydrogen-bond donors (Lipinski definition) is 1. The standard InChI is InChI=1S/C20H21N3O3/c1-20(2,19(25)21-17-12-13-26-18(17)24)14-8-10-16(11-9-14)23-22-15-6-4-3-5-7-15/h3-11,17H,12-13H2,1-2H3,(H,21,25)/b23-22+. The number of amides is 1. The van der Waals surface area contributed by atoms with Crippen molar-refractivity contribution in [3.8, 4) is 0 Å². The van der Waals surface area contributed by atoms with Crippen LogP contribution in [0.5, 0.6) is 0 Å². The molecule has 1 saturated heterocycles. The van der Waals surface area contributed by atoms with E-state index in [1.165, 1.54) is 0 Å². The number of azo groups is 1. The summed E-state index contributed by atoms with van der Waals surface area (Å²) in [5, 5.41) is 11.1. The lowest BCUT2D eigenvalue weighted by Crippen LogP contribution is -2.46. The maximum atomic E-state index is 12.6. The molecule has 134 valence electrons.